The third-order valence-corrected chi connectivity index (χ3v) is 5.33. The molecule has 4 aromatic rings. The summed E-state index contributed by atoms with van der Waals surface area (Å²) in [5.74, 6) is -1.40. The molecule has 33 heavy (non-hydrogen) atoms. The molecule has 0 unspecified atom stereocenters. The number of amides is 1. The number of anilines is 1. The van der Waals surface area contributed by atoms with Crippen LogP contribution in [0.4, 0.5) is 10.1 Å². The first kappa shape index (κ1) is 22.2. The van der Waals surface area contributed by atoms with E-state index < -0.39 is 23.8 Å². The number of fused-ring (bicyclic) bond motifs is 1. The van der Waals surface area contributed by atoms with Gasteiger partial charge in [0.25, 0.3) is 5.91 Å². The van der Waals surface area contributed by atoms with Gasteiger partial charge in [0.15, 0.2) is 6.10 Å². The van der Waals surface area contributed by atoms with Crippen LogP contribution in [0.25, 0.3) is 22.0 Å². The summed E-state index contributed by atoms with van der Waals surface area (Å²) in [6.45, 7) is 1.60. The molecule has 0 aliphatic rings. The van der Waals surface area contributed by atoms with Gasteiger partial charge in [0.1, 0.15) is 11.6 Å². The molecule has 6 nitrogen and oxygen atoms in total. The Kier molecular flexibility index (Phi) is 6.24. The smallest absolute Gasteiger partial charge is 0.335 e. The summed E-state index contributed by atoms with van der Waals surface area (Å²) in [5, 5.41) is 12.7. The molecule has 0 saturated heterocycles. The van der Waals surface area contributed by atoms with Gasteiger partial charge in [-0.1, -0.05) is 11.6 Å². The van der Waals surface area contributed by atoms with E-state index in [2.05, 4.69) is 10.3 Å². The van der Waals surface area contributed by atoms with Crippen molar-refractivity contribution < 1.29 is 23.8 Å². The van der Waals surface area contributed by atoms with Gasteiger partial charge in [-0.2, -0.15) is 0 Å². The van der Waals surface area contributed by atoms with Crippen LogP contribution in [0.3, 0.4) is 0 Å². The molecule has 1 amide bonds. The maximum Gasteiger partial charge on any atom is 0.335 e. The van der Waals surface area contributed by atoms with Gasteiger partial charge in [0.2, 0.25) is 0 Å². The molecule has 0 spiro atoms. The number of rotatable bonds is 6. The van der Waals surface area contributed by atoms with Crippen molar-refractivity contribution in [3.05, 3.63) is 89.3 Å². The van der Waals surface area contributed by atoms with Crippen molar-refractivity contribution >= 4 is 40.1 Å². The number of hydrogen-bond acceptors (Lipinski definition) is 4. The molecule has 3 aromatic carbocycles. The van der Waals surface area contributed by atoms with Crippen molar-refractivity contribution in [2.45, 2.75) is 13.0 Å². The van der Waals surface area contributed by atoms with E-state index in [0.29, 0.717) is 27.5 Å². The van der Waals surface area contributed by atoms with E-state index in [0.717, 1.165) is 10.9 Å². The molecule has 0 saturated carbocycles. The van der Waals surface area contributed by atoms with Crippen molar-refractivity contribution in [2.75, 3.05) is 5.32 Å². The number of nitrogens with zero attached hydrogens (tertiary/aromatic N) is 1. The van der Waals surface area contributed by atoms with E-state index in [1.54, 1.807) is 37.4 Å². The van der Waals surface area contributed by atoms with Crippen molar-refractivity contribution in [1.29, 1.82) is 0 Å². The molecule has 166 valence electrons. The van der Waals surface area contributed by atoms with Crippen LogP contribution in [0.15, 0.2) is 72.9 Å². The van der Waals surface area contributed by atoms with Gasteiger partial charge in [-0.25, -0.2) is 9.18 Å². The molecule has 0 radical (unpaired) electrons. The van der Waals surface area contributed by atoms with E-state index in [9.17, 15) is 14.0 Å². The molecule has 8 heteroatoms. The fraction of sp³-hybridized carbons (Fsp3) is 0.0800. The summed E-state index contributed by atoms with van der Waals surface area (Å²) in [6, 6.07) is 17.1. The predicted octanol–water partition coefficient (Wildman–Crippen LogP) is 5.80. The van der Waals surface area contributed by atoms with Crippen molar-refractivity contribution in [2.24, 2.45) is 0 Å². The number of carboxylic acids is 1. The lowest BCUT2D eigenvalue weighted by atomic mass is 10.0. The molecule has 1 aromatic heterocycles. The summed E-state index contributed by atoms with van der Waals surface area (Å²) in [5.41, 5.74) is 2.69. The second-order valence-corrected chi connectivity index (χ2v) is 7.70. The number of ether oxygens (including phenoxy) is 1. The second kappa shape index (κ2) is 9.26. The number of carbonyl (C=O) groups is 2. The first-order chi connectivity index (χ1) is 15.8. The number of carbonyl (C=O) groups excluding carboxylic acids is 1. The molecule has 1 heterocycles. The maximum atomic E-state index is 13.4. The van der Waals surface area contributed by atoms with Crippen molar-refractivity contribution in [3.63, 3.8) is 0 Å². The Balaban J connectivity index is 1.51. The van der Waals surface area contributed by atoms with Crippen LogP contribution in [-0.4, -0.2) is 28.1 Å². The number of aromatic nitrogens is 1. The highest BCUT2D eigenvalue weighted by molar-refractivity contribution is 6.33. The monoisotopic (exact) mass is 464 g/mol. The van der Waals surface area contributed by atoms with E-state index >= 15 is 0 Å². The topological polar surface area (TPSA) is 88.5 Å². The van der Waals surface area contributed by atoms with E-state index in [1.165, 1.54) is 36.4 Å². The molecular formula is C25H18ClFN2O4. The number of nitrogens with one attached hydrogen (secondary N) is 1. The first-order valence-electron chi connectivity index (χ1n) is 9.97. The number of aromatic carboxylic acids is 1. The van der Waals surface area contributed by atoms with E-state index in [-0.39, 0.29) is 5.56 Å². The highest BCUT2D eigenvalue weighted by atomic mass is 35.5. The quantitative estimate of drug-likeness (QED) is 0.376. The lowest BCUT2D eigenvalue weighted by Crippen LogP contribution is -2.30. The molecule has 2 N–H and O–H groups in total. The Labute approximate surface area is 193 Å². The van der Waals surface area contributed by atoms with Crippen molar-refractivity contribution in [1.82, 2.24) is 4.98 Å². The van der Waals surface area contributed by atoms with Gasteiger partial charge in [-0.3, -0.25) is 9.78 Å². The number of hydrogen-bond donors (Lipinski definition) is 2. The van der Waals surface area contributed by atoms with Gasteiger partial charge in [-0.15, -0.1) is 0 Å². The summed E-state index contributed by atoms with van der Waals surface area (Å²) in [4.78, 5) is 27.8. The normalized spacial score (nSPS) is 11.7. The third kappa shape index (κ3) is 4.94. The fourth-order valence-corrected chi connectivity index (χ4v) is 3.61. The largest absolute Gasteiger partial charge is 0.481 e. The van der Waals surface area contributed by atoms with Crippen LogP contribution in [-0.2, 0) is 4.79 Å². The minimum atomic E-state index is -1.04. The Morgan fingerprint density at radius 1 is 1.03 bits per heavy atom. The predicted molar refractivity (Wildman–Crippen MR) is 124 cm³/mol. The number of pyridine rings is 1. The Morgan fingerprint density at radius 2 is 1.79 bits per heavy atom. The zero-order valence-corrected chi connectivity index (χ0v) is 18.1. The fourth-order valence-electron chi connectivity index (χ4n) is 3.34. The molecule has 0 aliphatic carbocycles. The maximum absolute atomic E-state index is 13.4. The molecule has 1 atom stereocenters. The van der Waals surface area contributed by atoms with Crippen molar-refractivity contribution in [3.8, 4) is 16.9 Å². The minimum Gasteiger partial charge on any atom is -0.481 e. The number of benzene rings is 3. The lowest BCUT2D eigenvalue weighted by molar-refractivity contribution is -0.122. The molecule has 0 fully saturated rings. The Hall–Kier alpha value is -3.97. The average Bonchev–Trinajstić information content (AvgIpc) is 2.79. The van der Waals surface area contributed by atoms with Gasteiger partial charge in [0, 0.05) is 28.9 Å². The number of halogens is 2. The molecular weight excluding hydrogens is 447 g/mol. The van der Waals surface area contributed by atoms with E-state index in [4.69, 9.17) is 21.4 Å². The van der Waals surface area contributed by atoms with Crippen LogP contribution in [0.1, 0.15) is 17.3 Å². The van der Waals surface area contributed by atoms with Gasteiger partial charge in [0.05, 0.1) is 16.1 Å². The standard InChI is InChI=1S/C25H18ClFN2O4/c1-14(24(30)29-17-5-2-15(3-6-17)25(31)32)33-18-7-9-21-19(10-11-28-23(21)13-18)20-8-4-16(27)12-22(20)26/h2-14H,1H3,(H,29,30)(H,31,32)/t14-/m1/s1. The summed E-state index contributed by atoms with van der Waals surface area (Å²) < 4.78 is 19.2. The highest BCUT2D eigenvalue weighted by Gasteiger charge is 2.16. The SMILES string of the molecule is C[C@@H](Oc1ccc2c(-c3ccc(F)cc3Cl)ccnc2c1)C(=O)Nc1ccc(C(=O)O)cc1. The lowest BCUT2D eigenvalue weighted by Gasteiger charge is -2.16. The highest BCUT2D eigenvalue weighted by Crippen LogP contribution is 2.34. The molecule has 0 bridgehead atoms. The number of carboxylic acid groups (broad SMARTS) is 1. The van der Waals surface area contributed by atoms with Crippen LogP contribution in [0.5, 0.6) is 5.75 Å². The van der Waals surface area contributed by atoms with Crippen LogP contribution in [0, 0.1) is 5.82 Å². The first-order valence-corrected chi connectivity index (χ1v) is 10.3. The summed E-state index contributed by atoms with van der Waals surface area (Å²) >= 11 is 6.23. The Morgan fingerprint density at radius 3 is 2.48 bits per heavy atom. The van der Waals surface area contributed by atoms with Gasteiger partial charge < -0.3 is 15.2 Å². The third-order valence-electron chi connectivity index (χ3n) is 5.02. The zero-order chi connectivity index (χ0) is 23.5. The van der Waals surface area contributed by atoms with Crippen LogP contribution >= 0.6 is 11.6 Å². The van der Waals surface area contributed by atoms with Gasteiger partial charge in [-0.05, 0) is 73.2 Å². The van der Waals surface area contributed by atoms with Crippen LogP contribution in [0.2, 0.25) is 5.02 Å². The average molecular weight is 465 g/mol. The minimum absolute atomic E-state index is 0.127. The van der Waals surface area contributed by atoms with Gasteiger partial charge >= 0.3 is 5.97 Å². The second-order valence-electron chi connectivity index (χ2n) is 7.29. The molecule has 4 rings (SSSR count). The summed E-state index contributed by atoms with van der Waals surface area (Å²) in [7, 11) is 0. The Bertz CT molecular complexity index is 1360. The van der Waals surface area contributed by atoms with Crippen LogP contribution < -0.4 is 10.1 Å². The zero-order valence-electron chi connectivity index (χ0n) is 17.4. The molecule has 0 aliphatic heterocycles. The van der Waals surface area contributed by atoms with E-state index in [1.807, 2.05) is 6.07 Å². The summed E-state index contributed by atoms with van der Waals surface area (Å²) in [6.07, 6.45) is 0.800.